The van der Waals surface area contributed by atoms with Crippen LogP contribution in [0.3, 0.4) is 0 Å². The molecule has 1 aliphatic carbocycles. The summed E-state index contributed by atoms with van der Waals surface area (Å²) in [5.74, 6) is -1.84. The zero-order chi connectivity index (χ0) is 19.1. The molecular formula is C17H16BrF3N2O3. The van der Waals surface area contributed by atoms with Gasteiger partial charge in [-0.05, 0) is 41.3 Å². The quantitative estimate of drug-likeness (QED) is 0.713. The van der Waals surface area contributed by atoms with Crippen LogP contribution in [0.4, 0.5) is 13.2 Å². The van der Waals surface area contributed by atoms with E-state index in [2.05, 4.69) is 15.9 Å². The fourth-order valence-electron chi connectivity index (χ4n) is 3.55. The summed E-state index contributed by atoms with van der Waals surface area (Å²) < 4.78 is 50.1. The van der Waals surface area contributed by atoms with Gasteiger partial charge in [-0.1, -0.05) is 0 Å². The van der Waals surface area contributed by atoms with E-state index in [0.717, 1.165) is 0 Å². The van der Waals surface area contributed by atoms with Crippen LogP contribution in [0.1, 0.15) is 18.9 Å². The van der Waals surface area contributed by atoms with Gasteiger partial charge >= 0.3 is 6.18 Å². The van der Waals surface area contributed by atoms with Gasteiger partial charge in [0.15, 0.2) is 18.1 Å². The largest absolute Gasteiger partial charge is 0.490 e. The van der Waals surface area contributed by atoms with Gasteiger partial charge in [-0.3, -0.25) is 4.79 Å². The summed E-state index contributed by atoms with van der Waals surface area (Å²) in [5, 5.41) is 9.01. The number of rotatable bonds is 5. The van der Waals surface area contributed by atoms with Crippen LogP contribution in [0.2, 0.25) is 0 Å². The van der Waals surface area contributed by atoms with E-state index in [-0.39, 0.29) is 5.75 Å². The van der Waals surface area contributed by atoms with Crippen LogP contribution in [0, 0.1) is 23.2 Å². The number of nitrogens with zero attached hydrogens (tertiary/aromatic N) is 2. The van der Waals surface area contributed by atoms with Gasteiger partial charge in [0.25, 0.3) is 5.91 Å². The molecule has 2 fully saturated rings. The van der Waals surface area contributed by atoms with E-state index in [9.17, 15) is 18.0 Å². The highest BCUT2D eigenvalue weighted by atomic mass is 79.9. The summed E-state index contributed by atoms with van der Waals surface area (Å²) in [6.07, 6.45) is -3.90. The Hall–Kier alpha value is -1.95. The second-order valence-electron chi connectivity index (χ2n) is 6.22. The van der Waals surface area contributed by atoms with Gasteiger partial charge in [0.05, 0.1) is 28.6 Å². The molecule has 0 N–H and O–H groups in total. The Labute approximate surface area is 156 Å². The van der Waals surface area contributed by atoms with Crippen molar-refractivity contribution in [1.29, 1.82) is 5.26 Å². The lowest BCUT2D eigenvalue weighted by Crippen LogP contribution is -2.38. The first-order chi connectivity index (χ1) is 12.3. The highest BCUT2D eigenvalue weighted by Crippen LogP contribution is 2.58. The maximum absolute atomic E-state index is 12.9. The first-order valence-electron chi connectivity index (χ1n) is 8.13. The Balaban J connectivity index is 1.68. The van der Waals surface area contributed by atoms with Crippen molar-refractivity contribution in [3.63, 3.8) is 0 Å². The van der Waals surface area contributed by atoms with Crippen molar-refractivity contribution in [3.05, 3.63) is 22.2 Å². The maximum Gasteiger partial charge on any atom is 0.394 e. The van der Waals surface area contributed by atoms with Crippen LogP contribution >= 0.6 is 15.9 Å². The number of halogens is 4. The van der Waals surface area contributed by atoms with Crippen molar-refractivity contribution in [1.82, 2.24) is 4.90 Å². The maximum atomic E-state index is 12.9. The summed E-state index contributed by atoms with van der Waals surface area (Å²) >= 11 is 3.27. The number of piperidine rings is 1. The normalized spacial score (nSPS) is 24.0. The number of likely N-dealkylation sites (tertiary alicyclic amines) is 1. The standard InChI is InChI=1S/C17H16BrF3N2O3/c1-2-25-12-6-9(7-22)5-11(18)16(12)26-8-13(24)23-4-3-10-14(15(10)23)17(19,20)21/h5-6,10,14-15H,2-4,8H2,1H3/t10-,14+,15-/m0/s1. The topological polar surface area (TPSA) is 62.6 Å². The minimum absolute atomic E-state index is 0.248. The fourth-order valence-corrected chi connectivity index (χ4v) is 4.10. The summed E-state index contributed by atoms with van der Waals surface area (Å²) in [6.45, 7) is 2.01. The van der Waals surface area contributed by atoms with Gasteiger partial charge in [-0.25, -0.2) is 0 Å². The highest BCUT2D eigenvalue weighted by Gasteiger charge is 2.69. The zero-order valence-corrected chi connectivity index (χ0v) is 15.4. The molecule has 5 nitrogen and oxygen atoms in total. The molecule has 1 aromatic carbocycles. The second-order valence-corrected chi connectivity index (χ2v) is 7.07. The molecule has 9 heteroatoms. The number of hydrogen-bond donors (Lipinski definition) is 0. The van der Waals surface area contributed by atoms with Gasteiger partial charge in [0.1, 0.15) is 0 Å². The van der Waals surface area contributed by atoms with Crippen LogP contribution in [0.25, 0.3) is 0 Å². The number of fused-ring (bicyclic) bond motifs is 1. The summed E-state index contributed by atoms with van der Waals surface area (Å²) in [7, 11) is 0. The van der Waals surface area contributed by atoms with E-state index in [1.165, 1.54) is 17.0 Å². The van der Waals surface area contributed by atoms with Crippen LogP contribution in [-0.4, -0.2) is 42.8 Å². The van der Waals surface area contributed by atoms with Crippen molar-refractivity contribution in [2.75, 3.05) is 19.8 Å². The summed E-state index contributed by atoms with van der Waals surface area (Å²) in [4.78, 5) is 13.6. The number of alkyl halides is 3. The third-order valence-corrected chi connectivity index (χ3v) is 5.26. The van der Waals surface area contributed by atoms with Gasteiger partial charge in [-0.2, -0.15) is 18.4 Å². The van der Waals surface area contributed by atoms with Crippen LogP contribution in [-0.2, 0) is 4.79 Å². The van der Waals surface area contributed by atoms with Crippen LogP contribution in [0.5, 0.6) is 11.5 Å². The van der Waals surface area contributed by atoms with Crippen molar-refractivity contribution >= 4 is 21.8 Å². The highest BCUT2D eigenvalue weighted by molar-refractivity contribution is 9.10. The van der Waals surface area contributed by atoms with E-state index in [4.69, 9.17) is 14.7 Å². The van der Waals surface area contributed by atoms with Gasteiger partial charge in [0.2, 0.25) is 0 Å². The molecule has 2 aliphatic rings. The molecule has 0 bridgehead atoms. The molecule has 0 aromatic heterocycles. The lowest BCUT2D eigenvalue weighted by atomic mass is 10.2. The van der Waals surface area contributed by atoms with Gasteiger partial charge in [-0.15, -0.1) is 0 Å². The molecule has 0 radical (unpaired) electrons. The van der Waals surface area contributed by atoms with Crippen molar-refractivity contribution in [2.24, 2.45) is 11.8 Å². The van der Waals surface area contributed by atoms with Crippen molar-refractivity contribution in [3.8, 4) is 17.6 Å². The van der Waals surface area contributed by atoms with Gasteiger partial charge in [0, 0.05) is 18.7 Å². The van der Waals surface area contributed by atoms with E-state index < -0.39 is 36.6 Å². The Bertz CT molecular complexity index is 763. The number of ether oxygens (including phenoxy) is 2. The minimum Gasteiger partial charge on any atom is -0.490 e. The molecule has 140 valence electrons. The molecule has 1 saturated heterocycles. The number of hydrogen-bond acceptors (Lipinski definition) is 4. The zero-order valence-electron chi connectivity index (χ0n) is 13.8. The molecule has 0 unspecified atom stereocenters. The fraction of sp³-hybridized carbons (Fsp3) is 0.529. The summed E-state index contributed by atoms with van der Waals surface area (Å²) in [6, 6.07) is 4.23. The SMILES string of the molecule is CCOc1cc(C#N)cc(Br)c1OCC(=O)N1CC[C@@H]2[C@H]1[C@@H]2C(F)(F)F. The molecular weight excluding hydrogens is 417 g/mol. The molecule has 0 spiro atoms. The number of carbonyl (C=O) groups excluding carboxylic acids is 1. The molecule has 1 aromatic rings. The van der Waals surface area contributed by atoms with E-state index in [1.807, 2.05) is 6.07 Å². The van der Waals surface area contributed by atoms with Crippen LogP contribution in [0.15, 0.2) is 16.6 Å². The summed E-state index contributed by atoms with van der Waals surface area (Å²) in [5.41, 5.74) is 0.354. The van der Waals surface area contributed by atoms with E-state index in [1.54, 1.807) is 6.92 Å². The molecule has 1 saturated carbocycles. The smallest absolute Gasteiger partial charge is 0.394 e. The third-order valence-electron chi connectivity index (χ3n) is 4.67. The first-order valence-corrected chi connectivity index (χ1v) is 8.92. The molecule has 1 amide bonds. The first kappa shape index (κ1) is 18.8. The number of nitriles is 1. The lowest BCUT2D eigenvalue weighted by Gasteiger charge is -2.22. The Morgan fingerprint density at radius 1 is 1.42 bits per heavy atom. The number of carbonyl (C=O) groups is 1. The number of amides is 1. The monoisotopic (exact) mass is 432 g/mol. The Kier molecular flexibility index (Phi) is 5.06. The molecule has 1 heterocycles. The lowest BCUT2D eigenvalue weighted by molar-refractivity contribution is -0.159. The van der Waals surface area contributed by atoms with Crippen LogP contribution < -0.4 is 9.47 Å². The predicted octanol–water partition coefficient (Wildman–Crippen LogP) is 3.51. The average Bonchev–Trinajstić information content (AvgIpc) is 3.15. The van der Waals surface area contributed by atoms with Crippen molar-refractivity contribution < 1.29 is 27.4 Å². The Morgan fingerprint density at radius 2 is 2.15 bits per heavy atom. The molecule has 3 rings (SSSR count). The molecule has 3 atom stereocenters. The average molecular weight is 433 g/mol. The Morgan fingerprint density at radius 3 is 2.73 bits per heavy atom. The van der Waals surface area contributed by atoms with E-state index >= 15 is 0 Å². The minimum atomic E-state index is -4.27. The molecule has 1 aliphatic heterocycles. The van der Waals surface area contributed by atoms with Gasteiger partial charge < -0.3 is 14.4 Å². The third kappa shape index (κ3) is 3.47. The molecule has 26 heavy (non-hydrogen) atoms. The van der Waals surface area contributed by atoms with E-state index in [0.29, 0.717) is 35.4 Å². The predicted molar refractivity (Wildman–Crippen MR) is 88.7 cm³/mol. The number of benzene rings is 1. The van der Waals surface area contributed by atoms with Crippen molar-refractivity contribution in [2.45, 2.75) is 25.6 Å². The second kappa shape index (κ2) is 6.99.